The van der Waals surface area contributed by atoms with Gasteiger partial charge in [0.2, 0.25) is 5.91 Å². The van der Waals surface area contributed by atoms with Gasteiger partial charge in [0.25, 0.3) is 5.91 Å². The van der Waals surface area contributed by atoms with Crippen molar-refractivity contribution < 1.29 is 14.3 Å². The zero-order chi connectivity index (χ0) is 21.1. The van der Waals surface area contributed by atoms with E-state index in [0.717, 1.165) is 24.0 Å². The Bertz CT molecular complexity index is 777. The van der Waals surface area contributed by atoms with E-state index in [2.05, 4.69) is 12.2 Å². The molecular formula is C24H32N2O3. The molecule has 1 atom stereocenters. The second-order valence-corrected chi connectivity index (χ2v) is 7.12. The van der Waals surface area contributed by atoms with Gasteiger partial charge in [-0.1, -0.05) is 62.7 Å². The molecule has 0 fully saturated rings. The van der Waals surface area contributed by atoms with Crippen molar-refractivity contribution in [3.05, 3.63) is 65.7 Å². The zero-order valence-electron chi connectivity index (χ0n) is 17.7. The van der Waals surface area contributed by atoms with E-state index in [0.29, 0.717) is 25.3 Å². The van der Waals surface area contributed by atoms with E-state index in [1.807, 2.05) is 68.4 Å². The smallest absolute Gasteiger partial charge is 0.261 e. The molecule has 0 heterocycles. The quantitative estimate of drug-likeness (QED) is 0.582. The summed E-state index contributed by atoms with van der Waals surface area (Å²) in [7, 11) is 0. The molecule has 2 amide bonds. The van der Waals surface area contributed by atoms with Crippen LogP contribution in [0.1, 0.15) is 44.2 Å². The minimum atomic E-state index is -0.529. The van der Waals surface area contributed by atoms with Crippen LogP contribution in [0.5, 0.6) is 5.75 Å². The van der Waals surface area contributed by atoms with Crippen molar-refractivity contribution in [3.8, 4) is 5.75 Å². The number of amides is 2. The SMILES string of the molecule is CCCCNC(=O)C(CC)N(Cc1ccccc1C)C(=O)COc1ccccc1. The fourth-order valence-electron chi connectivity index (χ4n) is 3.14. The Hall–Kier alpha value is -2.82. The summed E-state index contributed by atoms with van der Waals surface area (Å²) in [6, 6.07) is 16.6. The third-order valence-corrected chi connectivity index (χ3v) is 4.92. The first-order valence-corrected chi connectivity index (χ1v) is 10.4. The van der Waals surface area contributed by atoms with Crippen LogP contribution in [0.15, 0.2) is 54.6 Å². The lowest BCUT2D eigenvalue weighted by Gasteiger charge is -2.31. The maximum absolute atomic E-state index is 13.1. The van der Waals surface area contributed by atoms with Gasteiger partial charge in [0.05, 0.1) is 0 Å². The molecule has 0 saturated heterocycles. The number of aryl methyl sites for hydroxylation is 1. The van der Waals surface area contributed by atoms with Gasteiger partial charge >= 0.3 is 0 Å². The molecule has 0 aromatic heterocycles. The molecule has 2 aromatic carbocycles. The topological polar surface area (TPSA) is 58.6 Å². The number of benzene rings is 2. The normalized spacial score (nSPS) is 11.6. The molecule has 0 aliphatic rings. The highest BCUT2D eigenvalue weighted by Gasteiger charge is 2.29. The van der Waals surface area contributed by atoms with E-state index in [1.165, 1.54) is 0 Å². The Morgan fingerprint density at radius 1 is 1.03 bits per heavy atom. The molecule has 5 heteroatoms. The van der Waals surface area contributed by atoms with Crippen LogP contribution in [0.3, 0.4) is 0 Å². The van der Waals surface area contributed by atoms with E-state index in [-0.39, 0.29) is 18.4 Å². The van der Waals surface area contributed by atoms with Gasteiger partial charge in [-0.05, 0) is 43.0 Å². The Labute approximate surface area is 174 Å². The van der Waals surface area contributed by atoms with Gasteiger partial charge in [-0.15, -0.1) is 0 Å². The molecule has 1 unspecified atom stereocenters. The number of rotatable bonds is 11. The lowest BCUT2D eigenvalue weighted by molar-refractivity contribution is -0.143. The van der Waals surface area contributed by atoms with Crippen LogP contribution in [0.2, 0.25) is 0 Å². The number of carbonyl (C=O) groups is 2. The predicted octanol–water partition coefficient (Wildman–Crippen LogP) is 4.10. The molecule has 156 valence electrons. The second-order valence-electron chi connectivity index (χ2n) is 7.12. The molecule has 1 N–H and O–H groups in total. The van der Waals surface area contributed by atoms with Gasteiger partial charge < -0.3 is 15.0 Å². The van der Waals surface area contributed by atoms with Crippen molar-refractivity contribution >= 4 is 11.8 Å². The van der Waals surface area contributed by atoms with E-state index < -0.39 is 6.04 Å². The number of hydrogen-bond donors (Lipinski definition) is 1. The maximum atomic E-state index is 13.1. The van der Waals surface area contributed by atoms with Crippen LogP contribution in [0.25, 0.3) is 0 Å². The fourth-order valence-corrected chi connectivity index (χ4v) is 3.14. The van der Waals surface area contributed by atoms with Crippen LogP contribution >= 0.6 is 0 Å². The third-order valence-electron chi connectivity index (χ3n) is 4.92. The third kappa shape index (κ3) is 6.93. The van der Waals surface area contributed by atoms with Gasteiger partial charge in [0.15, 0.2) is 6.61 Å². The summed E-state index contributed by atoms with van der Waals surface area (Å²) in [6.45, 7) is 6.93. The van der Waals surface area contributed by atoms with Crippen molar-refractivity contribution in [3.63, 3.8) is 0 Å². The second kappa shape index (κ2) is 11.9. The zero-order valence-corrected chi connectivity index (χ0v) is 17.7. The van der Waals surface area contributed by atoms with Gasteiger partial charge in [0, 0.05) is 13.1 Å². The molecule has 0 aliphatic heterocycles. The lowest BCUT2D eigenvalue weighted by atomic mass is 10.1. The number of hydrogen-bond acceptors (Lipinski definition) is 3. The highest BCUT2D eigenvalue weighted by molar-refractivity contribution is 5.88. The molecule has 0 radical (unpaired) electrons. The van der Waals surface area contributed by atoms with Crippen LogP contribution in [-0.2, 0) is 16.1 Å². The molecule has 0 saturated carbocycles. The van der Waals surface area contributed by atoms with Crippen LogP contribution in [-0.4, -0.2) is 35.9 Å². The fraction of sp³-hybridized carbons (Fsp3) is 0.417. The molecule has 0 bridgehead atoms. The average Bonchev–Trinajstić information content (AvgIpc) is 2.74. The van der Waals surface area contributed by atoms with Crippen LogP contribution < -0.4 is 10.1 Å². The molecular weight excluding hydrogens is 364 g/mol. The first-order chi connectivity index (χ1) is 14.1. The minimum absolute atomic E-state index is 0.103. The van der Waals surface area contributed by atoms with Gasteiger partial charge in [-0.2, -0.15) is 0 Å². The molecule has 2 aromatic rings. The first kappa shape index (κ1) is 22.5. The van der Waals surface area contributed by atoms with E-state index in [9.17, 15) is 9.59 Å². The maximum Gasteiger partial charge on any atom is 0.261 e. The Morgan fingerprint density at radius 2 is 1.72 bits per heavy atom. The van der Waals surface area contributed by atoms with Crippen LogP contribution in [0.4, 0.5) is 0 Å². The average molecular weight is 397 g/mol. The summed E-state index contributed by atoms with van der Waals surface area (Å²) in [4.78, 5) is 27.5. The van der Waals surface area contributed by atoms with E-state index >= 15 is 0 Å². The summed E-state index contributed by atoms with van der Waals surface area (Å²) in [5.74, 6) is 0.328. The molecule has 0 aliphatic carbocycles. The number of nitrogens with zero attached hydrogens (tertiary/aromatic N) is 1. The number of nitrogens with one attached hydrogen (secondary N) is 1. The van der Waals surface area contributed by atoms with Crippen molar-refractivity contribution in [2.24, 2.45) is 0 Å². The van der Waals surface area contributed by atoms with Gasteiger partial charge in [-0.3, -0.25) is 9.59 Å². The number of ether oxygens (including phenoxy) is 1. The Morgan fingerprint density at radius 3 is 2.38 bits per heavy atom. The highest BCUT2D eigenvalue weighted by Crippen LogP contribution is 2.16. The molecule has 2 rings (SSSR count). The summed E-state index contributed by atoms with van der Waals surface area (Å²) in [5, 5.41) is 2.97. The molecule has 29 heavy (non-hydrogen) atoms. The number of unbranched alkanes of at least 4 members (excludes halogenated alkanes) is 1. The first-order valence-electron chi connectivity index (χ1n) is 10.4. The minimum Gasteiger partial charge on any atom is -0.484 e. The van der Waals surface area contributed by atoms with E-state index in [1.54, 1.807) is 4.90 Å². The van der Waals surface area contributed by atoms with Crippen molar-refractivity contribution in [2.75, 3.05) is 13.2 Å². The van der Waals surface area contributed by atoms with Crippen molar-refractivity contribution in [2.45, 2.75) is 52.6 Å². The summed E-state index contributed by atoms with van der Waals surface area (Å²) in [5.41, 5.74) is 2.12. The predicted molar refractivity (Wildman–Crippen MR) is 116 cm³/mol. The summed E-state index contributed by atoms with van der Waals surface area (Å²) in [6.07, 6.45) is 2.47. The van der Waals surface area contributed by atoms with Crippen molar-refractivity contribution in [1.82, 2.24) is 10.2 Å². The summed E-state index contributed by atoms with van der Waals surface area (Å²) >= 11 is 0. The lowest BCUT2D eigenvalue weighted by Crippen LogP contribution is -2.50. The summed E-state index contributed by atoms with van der Waals surface area (Å²) < 4.78 is 5.67. The number of carbonyl (C=O) groups excluding carboxylic acids is 2. The molecule has 0 spiro atoms. The number of para-hydroxylation sites is 1. The van der Waals surface area contributed by atoms with Crippen molar-refractivity contribution in [1.29, 1.82) is 0 Å². The monoisotopic (exact) mass is 396 g/mol. The standard InChI is InChI=1S/C24H32N2O3/c1-4-6-16-25-24(28)22(5-2)26(17-20-13-11-10-12-19(20)3)23(27)18-29-21-14-8-7-9-15-21/h7-15,22H,4-6,16-18H2,1-3H3,(H,25,28). The molecule has 5 nitrogen and oxygen atoms in total. The largest absolute Gasteiger partial charge is 0.484 e. The Balaban J connectivity index is 2.17. The highest BCUT2D eigenvalue weighted by atomic mass is 16.5. The van der Waals surface area contributed by atoms with E-state index in [4.69, 9.17) is 4.74 Å². The van der Waals surface area contributed by atoms with Gasteiger partial charge in [-0.25, -0.2) is 0 Å². The van der Waals surface area contributed by atoms with Gasteiger partial charge in [0.1, 0.15) is 11.8 Å². The van der Waals surface area contributed by atoms with Crippen LogP contribution in [0, 0.1) is 6.92 Å². The Kier molecular flexibility index (Phi) is 9.22.